The first kappa shape index (κ1) is 28.8. The van der Waals surface area contributed by atoms with Crippen molar-refractivity contribution in [1.82, 2.24) is 14.1 Å². The number of hydrogen-bond donors (Lipinski definition) is 0. The topological polar surface area (TPSA) is 79.4 Å². The van der Waals surface area contributed by atoms with Gasteiger partial charge in [-0.25, -0.2) is 17.6 Å². The molecule has 3 aliphatic heterocycles. The molecule has 0 bridgehead atoms. The quantitative estimate of drug-likeness (QED) is 0.453. The molecular weight excluding hydrogens is 533 g/mol. The summed E-state index contributed by atoms with van der Waals surface area (Å²) in [5.41, 5.74) is 0.591. The van der Waals surface area contributed by atoms with Gasteiger partial charge in [0.15, 0.2) is 0 Å². The van der Waals surface area contributed by atoms with Crippen LogP contribution in [0.2, 0.25) is 0 Å². The summed E-state index contributed by atoms with van der Waals surface area (Å²) < 4.78 is 54.7. The molecule has 3 heterocycles. The summed E-state index contributed by atoms with van der Waals surface area (Å²) >= 11 is 0. The highest BCUT2D eigenvalue weighted by Crippen LogP contribution is 2.39. The van der Waals surface area contributed by atoms with Crippen LogP contribution in [0, 0.1) is 5.82 Å². The molecule has 5 rings (SSSR count). The minimum atomic E-state index is -3.99. The largest absolute Gasteiger partial charge is 0.497 e. The lowest BCUT2D eigenvalue weighted by Gasteiger charge is -2.42. The van der Waals surface area contributed by atoms with Crippen LogP contribution in [0.1, 0.15) is 63.0 Å². The molecule has 0 aromatic heterocycles. The number of ether oxygens (including phenoxy) is 2. The molecule has 1 amide bonds. The van der Waals surface area contributed by atoms with Gasteiger partial charge in [-0.15, -0.1) is 0 Å². The van der Waals surface area contributed by atoms with Gasteiger partial charge in [0, 0.05) is 19.1 Å². The van der Waals surface area contributed by atoms with Crippen LogP contribution >= 0.6 is 0 Å². The van der Waals surface area contributed by atoms with Crippen LogP contribution in [-0.4, -0.2) is 80.6 Å². The highest BCUT2D eigenvalue weighted by Gasteiger charge is 2.41. The third kappa shape index (κ3) is 6.44. The number of sulfonamides is 1. The highest BCUT2D eigenvalue weighted by atomic mass is 32.2. The maximum Gasteiger partial charge on any atom is 0.409 e. The number of likely N-dealkylation sites (tertiary alicyclic amines) is 2. The van der Waals surface area contributed by atoms with Crippen molar-refractivity contribution >= 4 is 16.1 Å². The summed E-state index contributed by atoms with van der Waals surface area (Å²) in [5, 5.41) is 0. The molecule has 3 saturated heterocycles. The predicted octanol–water partition coefficient (Wildman–Crippen LogP) is 5.21. The van der Waals surface area contributed by atoms with E-state index in [2.05, 4.69) is 4.90 Å². The van der Waals surface area contributed by atoms with Crippen LogP contribution in [0.5, 0.6) is 5.75 Å². The van der Waals surface area contributed by atoms with E-state index in [0.717, 1.165) is 32.4 Å². The highest BCUT2D eigenvalue weighted by molar-refractivity contribution is 7.89. The van der Waals surface area contributed by atoms with Gasteiger partial charge in [-0.1, -0.05) is 18.6 Å². The lowest BCUT2D eigenvalue weighted by atomic mass is 9.93. The standard InChI is InChI=1S/C30H40FN3O5S/c1-38-27-11-13-28(14-12-27)40(36,37)34-26(9-6-10-29(34)23-7-5-8-24(31)21-23)22-39-30(35)33-19-15-25(16-20-33)32-17-3-2-4-18-32/h5,7-8,11-14,21,25-26,29H,2-4,6,9-10,15-20,22H2,1H3/t26-,29+/m1/s1. The average Bonchev–Trinajstić information content (AvgIpc) is 3.00. The summed E-state index contributed by atoms with van der Waals surface area (Å²) in [7, 11) is -2.47. The van der Waals surface area contributed by atoms with E-state index in [1.807, 2.05) is 0 Å². The Hall–Kier alpha value is -2.69. The van der Waals surface area contributed by atoms with Gasteiger partial charge in [-0.3, -0.25) is 0 Å². The van der Waals surface area contributed by atoms with Crippen molar-refractivity contribution in [3.8, 4) is 5.75 Å². The number of methoxy groups -OCH3 is 1. The van der Waals surface area contributed by atoms with Gasteiger partial charge in [-0.05, 0) is 100.0 Å². The van der Waals surface area contributed by atoms with Crippen molar-refractivity contribution in [3.05, 3.63) is 59.9 Å². The van der Waals surface area contributed by atoms with Crippen LogP contribution in [0.15, 0.2) is 53.4 Å². The molecule has 40 heavy (non-hydrogen) atoms. The second-order valence-electron chi connectivity index (χ2n) is 11.1. The molecule has 218 valence electrons. The van der Waals surface area contributed by atoms with Crippen LogP contribution in [-0.2, 0) is 14.8 Å². The molecule has 10 heteroatoms. The zero-order chi connectivity index (χ0) is 28.1. The van der Waals surface area contributed by atoms with Gasteiger partial charge in [0.2, 0.25) is 10.0 Å². The zero-order valence-electron chi connectivity index (χ0n) is 23.2. The summed E-state index contributed by atoms with van der Waals surface area (Å²) in [6.07, 6.45) is 7.08. The fourth-order valence-corrected chi connectivity index (χ4v) is 8.27. The molecule has 2 atom stereocenters. The van der Waals surface area contributed by atoms with Crippen LogP contribution < -0.4 is 4.74 Å². The zero-order valence-corrected chi connectivity index (χ0v) is 24.0. The number of rotatable bonds is 7. The van der Waals surface area contributed by atoms with Gasteiger partial charge in [0.05, 0.1) is 24.1 Å². The van der Waals surface area contributed by atoms with E-state index in [4.69, 9.17) is 9.47 Å². The Balaban J connectivity index is 1.30. The third-order valence-electron chi connectivity index (χ3n) is 8.58. The number of hydrogen-bond acceptors (Lipinski definition) is 6. The van der Waals surface area contributed by atoms with Crippen molar-refractivity contribution in [2.75, 3.05) is 39.9 Å². The number of halogens is 1. The van der Waals surface area contributed by atoms with Gasteiger partial charge in [0.1, 0.15) is 18.2 Å². The Labute approximate surface area is 237 Å². The minimum Gasteiger partial charge on any atom is -0.497 e. The molecule has 0 N–H and O–H groups in total. The minimum absolute atomic E-state index is 0.0495. The van der Waals surface area contributed by atoms with Crippen LogP contribution in [0.4, 0.5) is 9.18 Å². The molecule has 8 nitrogen and oxygen atoms in total. The lowest BCUT2D eigenvalue weighted by molar-refractivity contribution is 0.0449. The number of benzene rings is 2. The van der Waals surface area contributed by atoms with Gasteiger partial charge >= 0.3 is 6.09 Å². The molecule has 0 radical (unpaired) electrons. The first-order valence-corrected chi connectivity index (χ1v) is 15.9. The van der Waals surface area contributed by atoms with E-state index in [0.29, 0.717) is 43.3 Å². The maximum absolute atomic E-state index is 14.2. The molecule has 2 aromatic rings. The van der Waals surface area contributed by atoms with E-state index >= 15 is 0 Å². The molecule has 0 aliphatic carbocycles. The van der Waals surface area contributed by atoms with E-state index in [9.17, 15) is 17.6 Å². The molecule has 0 spiro atoms. The number of nitrogens with zero attached hydrogens (tertiary/aromatic N) is 3. The SMILES string of the molecule is COc1ccc(S(=O)(=O)N2[C@@H](COC(=O)N3CCC(N4CCCCC4)CC3)CCC[C@H]2c2cccc(F)c2)cc1. The Morgan fingerprint density at radius 1 is 0.925 bits per heavy atom. The van der Waals surface area contributed by atoms with Crippen LogP contribution in [0.25, 0.3) is 0 Å². The smallest absolute Gasteiger partial charge is 0.409 e. The Morgan fingerprint density at radius 2 is 1.65 bits per heavy atom. The first-order chi connectivity index (χ1) is 19.4. The molecule has 3 fully saturated rings. The van der Waals surface area contributed by atoms with Crippen molar-refractivity contribution < 1.29 is 27.1 Å². The third-order valence-corrected chi connectivity index (χ3v) is 10.6. The van der Waals surface area contributed by atoms with Gasteiger partial charge in [-0.2, -0.15) is 4.31 Å². The molecular formula is C30H40FN3O5S. The van der Waals surface area contributed by atoms with E-state index in [1.54, 1.807) is 29.2 Å². The fourth-order valence-electron chi connectivity index (χ4n) is 6.43. The summed E-state index contributed by atoms with van der Waals surface area (Å²) in [6, 6.07) is 11.7. The van der Waals surface area contributed by atoms with Crippen molar-refractivity contribution in [2.45, 2.75) is 74.4 Å². The fraction of sp³-hybridized carbons (Fsp3) is 0.567. The van der Waals surface area contributed by atoms with E-state index < -0.39 is 34.0 Å². The Morgan fingerprint density at radius 3 is 2.33 bits per heavy atom. The molecule has 0 unspecified atom stereocenters. The Kier molecular flexibility index (Phi) is 9.27. The monoisotopic (exact) mass is 573 g/mol. The van der Waals surface area contributed by atoms with Crippen molar-refractivity contribution in [3.63, 3.8) is 0 Å². The second kappa shape index (κ2) is 12.9. The average molecular weight is 574 g/mol. The number of piperidine rings is 3. The van der Waals surface area contributed by atoms with E-state index in [-0.39, 0.29) is 11.5 Å². The number of carbonyl (C=O) groups excluding carboxylic acids is 1. The van der Waals surface area contributed by atoms with Crippen molar-refractivity contribution in [2.24, 2.45) is 0 Å². The van der Waals surface area contributed by atoms with Crippen molar-refractivity contribution in [1.29, 1.82) is 0 Å². The molecule has 2 aromatic carbocycles. The summed E-state index contributed by atoms with van der Waals surface area (Å²) in [4.78, 5) is 17.5. The van der Waals surface area contributed by atoms with E-state index in [1.165, 1.54) is 54.9 Å². The van der Waals surface area contributed by atoms with Crippen LogP contribution in [0.3, 0.4) is 0 Å². The lowest BCUT2D eigenvalue weighted by Crippen LogP contribution is -2.50. The van der Waals surface area contributed by atoms with Gasteiger partial charge in [0.25, 0.3) is 0 Å². The first-order valence-electron chi connectivity index (χ1n) is 14.5. The summed E-state index contributed by atoms with van der Waals surface area (Å²) in [6.45, 7) is 3.52. The second-order valence-corrected chi connectivity index (χ2v) is 12.9. The molecule has 0 saturated carbocycles. The van der Waals surface area contributed by atoms with Gasteiger partial charge < -0.3 is 19.3 Å². The summed E-state index contributed by atoms with van der Waals surface area (Å²) in [5.74, 6) is 0.134. The number of amides is 1. The number of carbonyl (C=O) groups is 1. The molecule has 3 aliphatic rings. The normalized spacial score (nSPS) is 23.6. The maximum atomic E-state index is 14.2. The predicted molar refractivity (Wildman–Crippen MR) is 150 cm³/mol. The Bertz CT molecular complexity index is 1240.